The van der Waals surface area contributed by atoms with Crippen molar-refractivity contribution in [1.82, 2.24) is 0 Å². The van der Waals surface area contributed by atoms with Crippen molar-refractivity contribution in [2.24, 2.45) is 0 Å². The van der Waals surface area contributed by atoms with Crippen LogP contribution in [-0.4, -0.2) is 27.5 Å². The summed E-state index contributed by atoms with van der Waals surface area (Å²) in [5.74, 6) is -2.60. The minimum absolute atomic E-state index is 0.0366. The van der Waals surface area contributed by atoms with Crippen molar-refractivity contribution in [3.63, 3.8) is 0 Å². The highest BCUT2D eigenvalue weighted by molar-refractivity contribution is 5.93. The molecule has 0 amide bonds. The van der Waals surface area contributed by atoms with Gasteiger partial charge in [-0.1, -0.05) is 11.6 Å². The topological polar surface area (TPSA) is 151 Å². The van der Waals surface area contributed by atoms with Crippen LogP contribution >= 0.6 is 0 Å². The van der Waals surface area contributed by atoms with Crippen molar-refractivity contribution in [2.45, 2.75) is 19.8 Å². The van der Waals surface area contributed by atoms with Crippen molar-refractivity contribution in [1.29, 1.82) is 0 Å². The van der Waals surface area contributed by atoms with Crippen LogP contribution in [0.15, 0.2) is 84.7 Å². The molecule has 0 spiro atoms. The number of allylic oxidation sites excluding steroid dienone is 2. The molecule has 0 bridgehead atoms. The number of hydrogen-bond donors (Lipinski definition) is 4. The average Bonchev–Trinajstić information content (AvgIpc) is 2.89. The highest BCUT2D eigenvalue weighted by atomic mass is 16.5. The first-order valence-corrected chi connectivity index (χ1v) is 11.9. The molecule has 198 valence electrons. The van der Waals surface area contributed by atoms with Crippen LogP contribution in [0.1, 0.15) is 30.9 Å². The third-order valence-corrected chi connectivity index (χ3v) is 6.40. The minimum atomic E-state index is -0.926. The summed E-state index contributed by atoms with van der Waals surface area (Å²) in [5.41, 5.74) is -0.00715. The van der Waals surface area contributed by atoms with Crippen molar-refractivity contribution >= 4 is 21.9 Å². The monoisotopic (exact) mass is 528 g/mol. The molecule has 9 heteroatoms. The van der Waals surface area contributed by atoms with Crippen LogP contribution < -0.4 is 15.8 Å². The predicted octanol–water partition coefficient (Wildman–Crippen LogP) is 5.50. The van der Waals surface area contributed by atoms with Crippen LogP contribution in [0.5, 0.6) is 28.7 Å². The maximum absolute atomic E-state index is 13.3. The van der Waals surface area contributed by atoms with E-state index in [1.165, 1.54) is 37.4 Å². The zero-order valence-corrected chi connectivity index (χ0v) is 21.2. The molecule has 0 saturated carbocycles. The van der Waals surface area contributed by atoms with Gasteiger partial charge in [0, 0.05) is 40.1 Å². The Labute approximate surface area is 221 Å². The number of methoxy groups -OCH3 is 1. The number of hydrogen-bond acceptors (Lipinski definition) is 9. The van der Waals surface area contributed by atoms with Gasteiger partial charge in [-0.3, -0.25) is 4.79 Å². The molecule has 4 N–H and O–H groups in total. The van der Waals surface area contributed by atoms with Gasteiger partial charge in [0.1, 0.15) is 34.0 Å². The summed E-state index contributed by atoms with van der Waals surface area (Å²) < 4.78 is 17.3. The molecule has 39 heavy (non-hydrogen) atoms. The predicted molar refractivity (Wildman–Crippen MR) is 145 cm³/mol. The molecule has 1 atom stereocenters. The van der Waals surface area contributed by atoms with E-state index >= 15 is 0 Å². The summed E-state index contributed by atoms with van der Waals surface area (Å²) >= 11 is 0. The largest absolute Gasteiger partial charge is 0.508 e. The third kappa shape index (κ3) is 4.33. The van der Waals surface area contributed by atoms with Gasteiger partial charge < -0.3 is 34.0 Å². The highest BCUT2D eigenvalue weighted by Gasteiger charge is 2.30. The van der Waals surface area contributed by atoms with Crippen molar-refractivity contribution in [3.8, 4) is 40.1 Å². The highest BCUT2D eigenvalue weighted by Crippen LogP contribution is 2.47. The molecule has 2 heterocycles. The summed E-state index contributed by atoms with van der Waals surface area (Å²) in [5, 5.41) is 42.5. The molecule has 0 aliphatic heterocycles. The van der Waals surface area contributed by atoms with Crippen molar-refractivity contribution in [3.05, 3.63) is 98.0 Å². The normalized spacial score (nSPS) is 12.0. The fraction of sp³-hybridized carbons (Fsp3) is 0.133. The molecule has 0 aliphatic rings. The molecular formula is C30H24O9. The van der Waals surface area contributed by atoms with Gasteiger partial charge >= 0.3 is 5.63 Å². The molecule has 5 aromatic rings. The van der Waals surface area contributed by atoms with Crippen LogP contribution in [0.25, 0.3) is 33.3 Å². The molecular weight excluding hydrogens is 504 g/mol. The van der Waals surface area contributed by atoms with E-state index in [2.05, 4.69) is 0 Å². The summed E-state index contributed by atoms with van der Waals surface area (Å²) in [6, 6.07) is 12.9. The summed E-state index contributed by atoms with van der Waals surface area (Å²) in [6.07, 6.45) is 1.77. The van der Waals surface area contributed by atoms with Crippen molar-refractivity contribution in [2.75, 3.05) is 7.11 Å². The van der Waals surface area contributed by atoms with Gasteiger partial charge in [-0.2, -0.15) is 0 Å². The van der Waals surface area contributed by atoms with E-state index in [4.69, 9.17) is 13.6 Å². The maximum Gasteiger partial charge on any atom is 0.336 e. The Morgan fingerprint density at radius 2 is 1.54 bits per heavy atom. The van der Waals surface area contributed by atoms with Gasteiger partial charge in [0.25, 0.3) is 0 Å². The number of rotatable bonds is 5. The van der Waals surface area contributed by atoms with Crippen LogP contribution in [0.3, 0.4) is 0 Å². The fourth-order valence-corrected chi connectivity index (χ4v) is 4.71. The first kappa shape index (κ1) is 25.5. The number of phenolic OH excluding ortho intramolecular Hbond substituents is 3. The second-order valence-corrected chi connectivity index (χ2v) is 9.26. The summed E-state index contributed by atoms with van der Waals surface area (Å²) in [6.45, 7) is 3.65. The molecule has 0 saturated heterocycles. The third-order valence-electron chi connectivity index (χ3n) is 6.40. The van der Waals surface area contributed by atoms with Gasteiger partial charge in [-0.05, 0) is 56.3 Å². The summed E-state index contributed by atoms with van der Waals surface area (Å²) in [7, 11) is 1.45. The van der Waals surface area contributed by atoms with E-state index in [1.54, 1.807) is 24.3 Å². The Morgan fingerprint density at radius 3 is 2.21 bits per heavy atom. The van der Waals surface area contributed by atoms with E-state index in [0.717, 1.165) is 11.6 Å². The first-order valence-electron chi connectivity index (χ1n) is 11.9. The zero-order valence-electron chi connectivity index (χ0n) is 21.2. The molecule has 9 nitrogen and oxygen atoms in total. The van der Waals surface area contributed by atoms with E-state index in [-0.39, 0.29) is 39.2 Å². The molecule has 0 fully saturated rings. The lowest BCUT2D eigenvalue weighted by molar-refractivity contribution is 0.407. The second-order valence-electron chi connectivity index (χ2n) is 9.26. The van der Waals surface area contributed by atoms with Gasteiger partial charge in [0.2, 0.25) is 11.2 Å². The molecule has 3 aromatic carbocycles. The smallest absolute Gasteiger partial charge is 0.336 e. The Balaban J connectivity index is 1.96. The van der Waals surface area contributed by atoms with Gasteiger partial charge in [-0.25, -0.2) is 4.79 Å². The Kier molecular flexibility index (Phi) is 6.27. The second kappa shape index (κ2) is 9.60. The lowest BCUT2D eigenvalue weighted by Gasteiger charge is -2.22. The number of phenols is 3. The Hall–Kier alpha value is -5.18. The van der Waals surface area contributed by atoms with Crippen LogP contribution in [0, 0.1) is 0 Å². The van der Waals surface area contributed by atoms with E-state index in [0.29, 0.717) is 16.7 Å². The number of ether oxygens (including phenoxy) is 1. The van der Waals surface area contributed by atoms with Gasteiger partial charge in [-0.15, -0.1) is 0 Å². The zero-order chi connectivity index (χ0) is 28.0. The quantitative estimate of drug-likeness (QED) is 0.171. The molecule has 5 rings (SSSR count). The molecule has 2 aromatic heterocycles. The maximum atomic E-state index is 13.3. The van der Waals surface area contributed by atoms with Gasteiger partial charge in [0.15, 0.2) is 11.3 Å². The Morgan fingerprint density at radius 1 is 0.846 bits per heavy atom. The minimum Gasteiger partial charge on any atom is -0.508 e. The average molecular weight is 529 g/mol. The fourth-order valence-electron chi connectivity index (χ4n) is 4.71. The summed E-state index contributed by atoms with van der Waals surface area (Å²) in [4.78, 5) is 25.6. The lowest BCUT2D eigenvalue weighted by atomic mass is 9.86. The van der Waals surface area contributed by atoms with E-state index in [1.807, 2.05) is 13.8 Å². The standard InChI is InChI=1S/C30H24O9/c1-14(2)12-18(24-21(37-3)10-6-15-7-11-22(34)38-28(15)24)23-19(32)13-20(33)25-26(35)27(36)29(39-30(23)25)16-4-8-17(31)9-5-16/h4-13,18,31-33,36H,1-3H3. The lowest BCUT2D eigenvalue weighted by Crippen LogP contribution is -2.09. The molecule has 0 aliphatic carbocycles. The van der Waals surface area contributed by atoms with E-state index in [9.17, 15) is 30.0 Å². The Bertz CT molecular complexity index is 1890. The van der Waals surface area contributed by atoms with Crippen LogP contribution in [0.4, 0.5) is 0 Å². The molecule has 1 unspecified atom stereocenters. The first-order chi connectivity index (χ1) is 18.6. The van der Waals surface area contributed by atoms with Crippen LogP contribution in [-0.2, 0) is 0 Å². The number of benzene rings is 3. The SMILES string of the molecule is COc1ccc2ccc(=O)oc2c1C(C=C(C)C)c1c(O)cc(O)c2c(=O)c(O)c(-c3ccc(O)cc3)oc12. The number of aromatic hydroxyl groups is 4. The van der Waals surface area contributed by atoms with Crippen LogP contribution in [0.2, 0.25) is 0 Å². The van der Waals surface area contributed by atoms with E-state index < -0.39 is 34.2 Å². The number of fused-ring (bicyclic) bond motifs is 2. The van der Waals surface area contributed by atoms with Gasteiger partial charge in [0.05, 0.1) is 7.11 Å². The van der Waals surface area contributed by atoms with Crippen molar-refractivity contribution < 1.29 is 34.0 Å². The molecule has 0 radical (unpaired) electrons.